The third-order valence-electron chi connectivity index (χ3n) is 4.76. The molecule has 29 heavy (non-hydrogen) atoms. The molecular formula is C21H26N6O2. The normalized spacial score (nSPS) is 17.2. The molecule has 3 heterocycles. The van der Waals surface area contributed by atoms with E-state index in [9.17, 15) is 4.79 Å². The Labute approximate surface area is 169 Å². The van der Waals surface area contributed by atoms with Gasteiger partial charge < -0.3 is 10.1 Å². The van der Waals surface area contributed by atoms with Crippen LogP contribution in [-0.4, -0.2) is 42.1 Å². The van der Waals surface area contributed by atoms with Crippen LogP contribution in [0.1, 0.15) is 45.7 Å². The van der Waals surface area contributed by atoms with Gasteiger partial charge in [-0.25, -0.2) is 14.3 Å². The van der Waals surface area contributed by atoms with Gasteiger partial charge in [-0.15, -0.1) is 0 Å². The molecule has 0 radical (unpaired) electrons. The number of hydrogen-bond acceptors (Lipinski definition) is 5. The van der Waals surface area contributed by atoms with E-state index in [-0.39, 0.29) is 6.04 Å². The van der Waals surface area contributed by atoms with Crippen LogP contribution in [0, 0.1) is 0 Å². The van der Waals surface area contributed by atoms with Crippen LogP contribution in [0.2, 0.25) is 0 Å². The smallest absolute Gasteiger partial charge is 0.408 e. The molecule has 152 valence electrons. The molecule has 4 rings (SSSR count). The number of amides is 1. The molecule has 0 fully saturated rings. The summed E-state index contributed by atoms with van der Waals surface area (Å²) in [4.78, 5) is 17.1. The molecule has 0 aromatic carbocycles. The number of aromatic nitrogens is 5. The monoisotopic (exact) mass is 394 g/mol. The number of nitrogens with zero attached hydrogens (tertiary/aromatic N) is 5. The number of rotatable bonds is 3. The van der Waals surface area contributed by atoms with E-state index >= 15 is 0 Å². The van der Waals surface area contributed by atoms with Crippen molar-refractivity contribution in [2.75, 3.05) is 0 Å². The SMILES string of the molecule is Cn1cc(-c2cn3nccc3c(C3=C[C@H](NC(=O)OC(C)(C)C)CCC3)n2)cn1. The maximum absolute atomic E-state index is 12.2. The molecule has 0 spiro atoms. The van der Waals surface area contributed by atoms with E-state index in [1.165, 1.54) is 0 Å². The molecule has 1 amide bonds. The minimum Gasteiger partial charge on any atom is -0.444 e. The van der Waals surface area contributed by atoms with Crippen molar-refractivity contribution in [3.05, 3.63) is 42.6 Å². The lowest BCUT2D eigenvalue weighted by atomic mass is 9.93. The van der Waals surface area contributed by atoms with Crippen molar-refractivity contribution in [2.45, 2.75) is 51.7 Å². The van der Waals surface area contributed by atoms with E-state index < -0.39 is 11.7 Å². The first-order chi connectivity index (χ1) is 13.8. The van der Waals surface area contributed by atoms with Crippen molar-refractivity contribution in [2.24, 2.45) is 7.05 Å². The summed E-state index contributed by atoms with van der Waals surface area (Å²) in [5.74, 6) is 0. The molecule has 0 aliphatic heterocycles. The number of fused-ring (bicyclic) bond motifs is 1. The second-order valence-electron chi connectivity index (χ2n) is 8.38. The van der Waals surface area contributed by atoms with Gasteiger partial charge in [0, 0.05) is 18.8 Å². The van der Waals surface area contributed by atoms with Gasteiger partial charge in [-0.3, -0.25) is 4.68 Å². The van der Waals surface area contributed by atoms with Crippen LogP contribution in [0.25, 0.3) is 22.3 Å². The maximum Gasteiger partial charge on any atom is 0.408 e. The van der Waals surface area contributed by atoms with Crippen molar-refractivity contribution in [3.63, 3.8) is 0 Å². The van der Waals surface area contributed by atoms with E-state index in [1.54, 1.807) is 17.1 Å². The molecule has 1 aliphatic carbocycles. The quantitative estimate of drug-likeness (QED) is 0.734. The number of hydrogen-bond donors (Lipinski definition) is 1. The highest BCUT2D eigenvalue weighted by Crippen LogP contribution is 2.30. The number of alkyl carbamates (subject to hydrolysis) is 1. The molecule has 1 atom stereocenters. The average molecular weight is 394 g/mol. The third kappa shape index (κ3) is 4.31. The van der Waals surface area contributed by atoms with Crippen molar-refractivity contribution in [3.8, 4) is 11.3 Å². The predicted molar refractivity (Wildman–Crippen MR) is 110 cm³/mol. The van der Waals surface area contributed by atoms with Crippen LogP contribution in [-0.2, 0) is 11.8 Å². The van der Waals surface area contributed by atoms with Gasteiger partial charge in [-0.2, -0.15) is 10.2 Å². The fraction of sp³-hybridized carbons (Fsp3) is 0.429. The van der Waals surface area contributed by atoms with E-state index in [4.69, 9.17) is 9.72 Å². The van der Waals surface area contributed by atoms with Crippen molar-refractivity contribution in [1.29, 1.82) is 0 Å². The van der Waals surface area contributed by atoms with Gasteiger partial charge in [-0.05, 0) is 51.7 Å². The van der Waals surface area contributed by atoms with E-state index in [0.29, 0.717) is 0 Å². The largest absolute Gasteiger partial charge is 0.444 e. The molecule has 1 N–H and O–H groups in total. The Bertz CT molecular complexity index is 1070. The van der Waals surface area contributed by atoms with Crippen LogP contribution < -0.4 is 5.32 Å². The molecule has 0 saturated carbocycles. The fourth-order valence-electron chi connectivity index (χ4n) is 3.55. The second kappa shape index (κ2) is 7.35. The zero-order valence-electron chi connectivity index (χ0n) is 17.2. The van der Waals surface area contributed by atoms with Gasteiger partial charge >= 0.3 is 6.09 Å². The summed E-state index contributed by atoms with van der Waals surface area (Å²) in [5.41, 5.74) is 4.17. The molecular weight excluding hydrogens is 368 g/mol. The van der Waals surface area contributed by atoms with Crippen LogP contribution in [0.4, 0.5) is 4.79 Å². The highest BCUT2D eigenvalue weighted by Gasteiger charge is 2.23. The predicted octanol–water partition coefficient (Wildman–Crippen LogP) is 3.59. The number of ether oxygens (including phenoxy) is 1. The first-order valence-corrected chi connectivity index (χ1v) is 9.82. The first kappa shape index (κ1) is 19.2. The van der Waals surface area contributed by atoms with Crippen LogP contribution in [0.3, 0.4) is 0 Å². The van der Waals surface area contributed by atoms with Gasteiger partial charge in [0.15, 0.2) is 0 Å². The molecule has 8 nitrogen and oxygen atoms in total. The van der Waals surface area contributed by atoms with E-state index in [2.05, 4.69) is 21.6 Å². The Kier molecular flexibility index (Phi) is 4.86. The number of carbonyl (C=O) groups is 1. The first-order valence-electron chi connectivity index (χ1n) is 9.82. The molecule has 0 saturated heterocycles. The highest BCUT2D eigenvalue weighted by atomic mass is 16.6. The summed E-state index contributed by atoms with van der Waals surface area (Å²) < 4.78 is 9.00. The molecule has 3 aromatic rings. The Morgan fingerprint density at radius 3 is 2.83 bits per heavy atom. The summed E-state index contributed by atoms with van der Waals surface area (Å²) >= 11 is 0. The van der Waals surface area contributed by atoms with Crippen LogP contribution >= 0.6 is 0 Å². The van der Waals surface area contributed by atoms with Gasteiger partial charge in [-0.1, -0.05) is 6.08 Å². The van der Waals surface area contributed by atoms with Gasteiger partial charge in [0.05, 0.1) is 41.5 Å². The lowest BCUT2D eigenvalue weighted by Crippen LogP contribution is -2.39. The van der Waals surface area contributed by atoms with Crippen LogP contribution in [0.5, 0.6) is 0 Å². The van der Waals surface area contributed by atoms with Crippen molar-refractivity contribution >= 4 is 17.2 Å². The molecule has 3 aromatic heterocycles. The lowest BCUT2D eigenvalue weighted by Gasteiger charge is -2.25. The summed E-state index contributed by atoms with van der Waals surface area (Å²) in [7, 11) is 1.88. The Morgan fingerprint density at radius 1 is 1.28 bits per heavy atom. The molecule has 8 heteroatoms. The fourth-order valence-corrected chi connectivity index (χ4v) is 3.55. The Hall–Kier alpha value is -3.16. The van der Waals surface area contributed by atoms with Gasteiger partial charge in [0.1, 0.15) is 5.60 Å². The number of aryl methyl sites for hydroxylation is 1. The molecule has 0 bridgehead atoms. The highest BCUT2D eigenvalue weighted by molar-refractivity contribution is 5.78. The third-order valence-corrected chi connectivity index (χ3v) is 4.76. The summed E-state index contributed by atoms with van der Waals surface area (Å²) in [6, 6.07) is 1.88. The number of carbonyl (C=O) groups excluding carboxylic acids is 1. The minimum absolute atomic E-state index is 0.0829. The van der Waals surface area contributed by atoms with Crippen LogP contribution in [0.15, 0.2) is 36.9 Å². The number of nitrogens with one attached hydrogen (secondary N) is 1. The minimum atomic E-state index is -0.519. The zero-order valence-corrected chi connectivity index (χ0v) is 17.2. The maximum atomic E-state index is 12.2. The lowest BCUT2D eigenvalue weighted by molar-refractivity contribution is 0.0511. The Morgan fingerprint density at radius 2 is 2.10 bits per heavy atom. The molecule has 1 aliphatic rings. The Balaban J connectivity index is 1.67. The number of allylic oxidation sites excluding steroid dienone is 1. The molecule has 0 unspecified atom stereocenters. The standard InChI is InChI=1S/C21H26N6O2/c1-21(2,3)29-20(28)24-16-7-5-6-14(10-16)19-18-8-9-22-27(18)13-17(25-19)15-11-23-26(4)12-15/h8-13,16H,5-7H2,1-4H3,(H,24,28)/t16-/m1/s1. The zero-order chi connectivity index (χ0) is 20.6. The van der Waals surface area contributed by atoms with E-state index in [1.807, 2.05) is 50.8 Å². The van der Waals surface area contributed by atoms with E-state index in [0.717, 1.165) is 47.3 Å². The van der Waals surface area contributed by atoms with Gasteiger partial charge in [0.2, 0.25) is 0 Å². The topological polar surface area (TPSA) is 86.3 Å². The van der Waals surface area contributed by atoms with Crippen molar-refractivity contribution < 1.29 is 9.53 Å². The average Bonchev–Trinajstić information content (AvgIpc) is 3.28. The summed E-state index contributed by atoms with van der Waals surface area (Å²) in [6.45, 7) is 5.58. The van der Waals surface area contributed by atoms with Gasteiger partial charge in [0.25, 0.3) is 0 Å². The summed E-state index contributed by atoms with van der Waals surface area (Å²) in [6.07, 6.45) is 11.8. The second-order valence-corrected chi connectivity index (χ2v) is 8.38. The summed E-state index contributed by atoms with van der Waals surface area (Å²) in [5, 5.41) is 11.6. The van der Waals surface area contributed by atoms with Crippen molar-refractivity contribution in [1.82, 2.24) is 29.7 Å².